The number of rotatable bonds is 2. The summed E-state index contributed by atoms with van der Waals surface area (Å²) in [6, 6.07) is 8.22. The van der Waals surface area contributed by atoms with Crippen LogP contribution in [0.3, 0.4) is 0 Å². The Kier molecular flexibility index (Phi) is 4.81. The van der Waals surface area contributed by atoms with Gasteiger partial charge >= 0.3 is 0 Å². The molecule has 1 amide bonds. The summed E-state index contributed by atoms with van der Waals surface area (Å²) in [7, 11) is 0. The fourth-order valence-electron chi connectivity index (χ4n) is 2.84. The first kappa shape index (κ1) is 14.6. The van der Waals surface area contributed by atoms with E-state index in [2.05, 4.69) is 25.7 Å². The van der Waals surface area contributed by atoms with Crippen molar-refractivity contribution < 1.29 is 4.79 Å². The minimum atomic E-state index is 0.139. The standard InChI is InChI=1S/C17H22N2O/c1-3-16-11-6-13(2)19(16)17(20)15-9-7-14(8-10-15)5-4-12-18/h7-10,13,16H,3,6,11-12,18H2,1-2H3. The van der Waals surface area contributed by atoms with Gasteiger partial charge in [-0.25, -0.2) is 0 Å². The lowest BCUT2D eigenvalue weighted by atomic mass is 10.1. The van der Waals surface area contributed by atoms with Crippen LogP contribution in [-0.4, -0.2) is 29.4 Å². The number of nitrogens with two attached hydrogens (primary N) is 1. The summed E-state index contributed by atoms with van der Waals surface area (Å²) >= 11 is 0. The van der Waals surface area contributed by atoms with E-state index in [0.29, 0.717) is 18.6 Å². The Balaban J connectivity index is 2.16. The van der Waals surface area contributed by atoms with Crippen LogP contribution in [0.15, 0.2) is 24.3 Å². The van der Waals surface area contributed by atoms with Gasteiger partial charge in [0.05, 0.1) is 6.54 Å². The number of hydrogen-bond acceptors (Lipinski definition) is 2. The van der Waals surface area contributed by atoms with Crippen LogP contribution in [0.25, 0.3) is 0 Å². The normalized spacial score (nSPS) is 21.4. The molecule has 0 aromatic heterocycles. The smallest absolute Gasteiger partial charge is 0.254 e. The van der Waals surface area contributed by atoms with Crippen LogP contribution in [0.4, 0.5) is 0 Å². The number of carbonyl (C=O) groups excluding carboxylic acids is 1. The Labute approximate surface area is 121 Å². The molecular weight excluding hydrogens is 248 g/mol. The molecule has 0 spiro atoms. The van der Waals surface area contributed by atoms with Gasteiger partial charge in [-0.3, -0.25) is 4.79 Å². The van der Waals surface area contributed by atoms with Gasteiger partial charge in [-0.05, 0) is 50.5 Å². The largest absolute Gasteiger partial charge is 0.333 e. The molecule has 1 heterocycles. The topological polar surface area (TPSA) is 46.3 Å². The number of hydrogen-bond donors (Lipinski definition) is 1. The maximum absolute atomic E-state index is 12.6. The van der Waals surface area contributed by atoms with Crippen LogP contribution < -0.4 is 5.73 Å². The summed E-state index contributed by atoms with van der Waals surface area (Å²) in [5, 5.41) is 0. The van der Waals surface area contributed by atoms with E-state index in [1.54, 1.807) is 0 Å². The van der Waals surface area contributed by atoms with Gasteiger partial charge in [0.1, 0.15) is 0 Å². The molecule has 0 saturated carbocycles. The number of benzene rings is 1. The SMILES string of the molecule is CCC1CCC(C)N1C(=O)c1ccc(C#CCN)cc1. The van der Waals surface area contributed by atoms with Crippen molar-refractivity contribution in [2.45, 2.75) is 45.2 Å². The van der Waals surface area contributed by atoms with Crippen molar-refractivity contribution in [2.24, 2.45) is 5.73 Å². The van der Waals surface area contributed by atoms with E-state index < -0.39 is 0 Å². The van der Waals surface area contributed by atoms with Gasteiger partial charge in [0, 0.05) is 23.2 Å². The lowest BCUT2D eigenvalue weighted by Crippen LogP contribution is -2.39. The van der Waals surface area contributed by atoms with Crippen molar-refractivity contribution in [3.63, 3.8) is 0 Å². The summed E-state index contributed by atoms with van der Waals surface area (Å²) in [6.07, 6.45) is 3.24. The first-order valence-electron chi connectivity index (χ1n) is 7.29. The molecule has 20 heavy (non-hydrogen) atoms. The zero-order chi connectivity index (χ0) is 14.5. The Bertz CT molecular complexity index is 524. The molecule has 0 radical (unpaired) electrons. The van der Waals surface area contributed by atoms with Gasteiger partial charge in [0.2, 0.25) is 0 Å². The fourth-order valence-corrected chi connectivity index (χ4v) is 2.84. The Morgan fingerprint density at radius 3 is 2.65 bits per heavy atom. The first-order chi connectivity index (χ1) is 9.67. The number of amides is 1. The van der Waals surface area contributed by atoms with Crippen LogP contribution in [0.2, 0.25) is 0 Å². The second-order valence-electron chi connectivity index (χ2n) is 5.28. The number of nitrogens with zero attached hydrogens (tertiary/aromatic N) is 1. The molecule has 2 unspecified atom stereocenters. The summed E-state index contributed by atoms with van der Waals surface area (Å²) in [6.45, 7) is 4.63. The zero-order valence-electron chi connectivity index (χ0n) is 12.2. The highest BCUT2D eigenvalue weighted by atomic mass is 16.2. The van der Waals surface area contributed by atoms with Crippen molar-refractivity contribution in [2.75, 3.05) is 6.54 Å². The van der Waals surface area contributed by atoms with E-state index >= 15 is 0 Å². The minimum absolute atomic E-state index is 0.139. The molecule has 2 atom stereocenters. The fraction of sp³-hybridized carbons (Fsp3) is 0.471. The molecule has 1 aliphatic heterocycles. The van der Waals surface area contributed by atoms with Gasteiger partial charge in [-0.2, -0.15) is 0 Å². The Morgan fingerprint density at radius 1 is 1.35 bits per heavy atom. The number of likely N-dealkylation sites (tertiary alicyclic amines) is 1. The molecule has 106 valence electrons. The maximum atomic E-state index is 12.6. The minimum Gasteiger partial charge on any atom is -0.333 e. The van der Waals surface area contributed by atoms with E-state index in [1.165, 1.54) is 0 Å². The molecule has 2 N–H and O–H groups in total. The van der Waals surface area contributed by atoms with E-state index in [4.69, 9.17) is 5.73 Å². The van der Waals surface area contributed by atoms with Crippen LogP contribution in [0.5, 0.6) is 0 Å². The lowest BCUT2D eigenvalue weighted by Gasteiger charge is -2.28. The quantitative estimate of drug-likeness (QED) is 0.839. The summed E-state index contributed by atoms with van der Waals surface area (Å²) in [4.78, 5) is 14.7. The van der Waals surface area contributed by atoms with Gasteiger partial charge in [-0.1, -0.05) is 18.8 Å². The second-order valence-corrected chi connectivity index (χ2v) is 5.28. The maximum Gasteiger partial charge on any atom is 0.254 e. The van der Waals surface area contributed by atoms with Crippen molar-refractivity contribution in [3.8, 4) is 11.8 Å². The van der Waals surface area contributed by atoms with Gasteiger partial charge in [-0.15, -0.1) is 0 Å². The second kappa shape index (κ2) is 6.58. The summed E-state index contributed by atoms with van der Waals surface area (Å²) < 4.78 is 0. The van der Waals surface area contributed by atoms with Crippen molar-refractivity contribution in [3.05, 3.63) is 35.4 Å². The van der Waals surface area contributed by atoms with Crippen molar-refractivity contribution in [1.82, 2.24) is 4.90 Å². The van der Waals surface area contributed by atoms with Crippen LogP contribution in [0.1, 0.15) is 49.0 Å². The van der Waals surface area contributed by atoms with E-state index in [-0.39, 0.29) is 5.91 Å². The predicted molar refractivity (Wildman–Crippen MR) is 81.3 cm³/mol. The highest BCUT2D eigenvalue weighted by molar-refractivity contribution is 5.95. The lowest BCUT2D eigenvalue weighted by molar-refractivity contribution is 0.0676. The molecule has 1 aromatic carbocycles. The highest BCUT2D eigenvalue weighted by Crippen LogP contribution is 2.27. The molecule has 1 fully saturated rings. The van der Waals surface area contributed by atoms with Crippen LogP contribution >= 0.6 is 0 Å². The van der Waals surface area contributed by atoms with Gasteiger partial charge in [0.25, 0.3) is 5.91 Å². The first-order valence-corrected chi connectivity index (χ1v) is 7.29. The summed E-state index contributed by atoms with van der Waals surface area (Å²) in [5.41, 5.74) is 6.99. The molecular formula is C17H22N2O. The zero-order valence-corrected chi connectivity index (χ0v) is 12.2. The molecule has 2 rings (SSSR count). The number of carbonyl (C=O) groups is 1. The third-order valence-corrected chi connectivity index (χ3v) is 3.96. The molecule has 1 aliphatic rings. The van der Waals surface area contributed by atoms with E-state index in [1.807, 2.05) is 29.2 Å². The molecule has 3 heteroatoms. The molecule has 3 nitrogen and oxygen atoms in total. The Hall–Kier alpha value is -1.79. The average molecular weight is 270 g/mol. The monoisotopic (exact) mass is 270 g/mol. The average Bonchev–Trinajstić information content (AvgIpc) is 2.86. The third-order valence-electron chi connectivity index (χ3n) is 3.96. The highest BCUT2D eigenvalue weighted by Gasteiger charge is 2.33. The molecule has 0 bridgehead atoms. The predicted octanol–water partition coefficient (Wildman–Crippen LogP) is 2.40. The van der Waals surface area contributed by atoms with E-state index in [9.17, 15) is 4.79 Å². The van der Waals surface area contributed by atoms with Crippen LogP contribution in [0, 0.1) is 11.8 Å². The molecule has 1 saturated heterocycles. The van der Waals surface area contributed by atoms with E-state index in [0.717, 1.165) is 30.4 Å². The molecule has 0 aliphatic carbocycles. The van der Waals surface area contributed by atoms with Crippen molar-refractivity contribution in [1.29, 1.82) is 0 Å². The molecule has 1 aromatic rings. The van der Waals surface area contributed by atoms with Crippen molar-refractivity contribution >= 4 is 5.91 Å². The Morgan fingerprint density at radius 2 is 2.05 bits per heavy atom. The van der Waals surface area contributed by atoms with Gasteiger partial charge < -0.3 is 10.6 Å². The van der Waals surface area contributed by atoms with Crippen LogP contribution in [-0.2, 0) is 0 Å². The third kappa shape index (κ3) is 3.02. The summed E-state index contributed by atoms with van der Waals surface area (Å²) in [5.74, 6) is 5.92. The van der Waals surface area contributed by atoms with Gasteiger partial charge in [0.15, 0.2) is 0 Å².